The van der Waals surface area contributed by atoms with Crippen molar-refractivity contribution in [3.8, 4) is 23.5 Å². The van der Waals surface area contributed by atoms with Crippen molar-refractivity contribution in [3.05, 3.63) is 95.6 Å². The average molecular weight is 557 g/mol. The maximum atomic E-state index is 10.9. The summed E-state index contributed by atoms with van der Waals surface area (Å²) in [5.74, 6) is -0.492. The zero-order chi connectivity index (χ0) is 29.2. The predicted octanol–water partition coefficient (Wildman–Crippen LogP) is 8.15. The van der Waals surface area contributed by atoms with Crippen molar-refractivity contribution in [2.45, 2.75) is 94.9 Å². The first kappa shape index (κ1) is 29.2. The number of allylic oxidation sites excluding steroid dienone is 2. The van der Waals surface area contributed by atoms with E-state index in [1.165, 1.54) is 51.4 Å². The van der Waals surface area contributed by atoms with Crippen molar-refractivity contribution >= 4 is 5.70 Å². The Balaban J connectivity index is 1.48. The maximum Gasteiger partial charge on any atom is 0.141 e. The molecule has 0 saturated carbocycles. The number of nitrogens with zero attached hydrogens (tertiary/aromatic N) is 5. The molecule has 3 aromatic heterocycles. The molecule has 3 atom stereocenters. The summed E-state index contributed by atoms with van der Waals surface area (Å²) < 4.78 is 0. The van der Waals surface area contributed by atoms with Gasteiger partial charge in [0, 0.05) is 0 Å². The van der Waals surface area contributed by atoms with Crippen molar-refractivity contribution in [3.63, 3.8) is 0 Å². The van der Waals surface area contributed by atoms with Crippen LogP contribution in [0.1, 0.15) is 106 Å². The molecule has 8 bridgehead atoms. The fourth-order valence-electron chi connectivity index (χ4n) is 6.07. The lowest BCUT2D eigenvalue weighted by atomic mass is 9.76. The highest BCUT2D eigenvalue weighted by Gasteiger charge is 2.38. The smallest absolute Gasteiger partial charge is 0.141 e. The lowest BCUT2D eigenvalue weighted by molar-refractivity contribution is 0.494. The van der Waals surface area contributed by atoms with Gasteiger partial charge in [-0.2, -0.15) is 10.5 Å². The van der Waals surface area contributed by atoms with E-state index >= 15 is 0 Å². The van der Waals surface area contributed by atoms with Crippen molar-refractivity contribution in [1.82, 2.24) is 20.3 Å². The molecule has 6 heteroatoms. The minimum absolute atomic E-state index is 0.266. The Kier molecular flexibility index (Phi) is 9.78. The molecule has 0 amide bonds. The van der Waals surface area contributed by atoms with Crippen LogP contribution in [0.15, 0.2) is 72.8 Å². The molecule has 5 heterocycles. The number of dihydropyridines is 1. The number of hydrogen-bond acceptors (Lipinski definition) is 6. The lowest BCUT2D eigenvalue weighted by Gasteiger charge is -2.29. The number of unbranched alkanes of at least 4 members (excludes halogenated alkanes) is 9. The first-order valence-corrected chi connectivity index (χ1v) is 15.6. The zero-order valence-electron chi connectivity index (χ0n) is 24.6. The molecule has 0 aliphatic carbocycles. The zero-order valence-corrected chi connectivity index (χ0v) is 24.6. The number of pyridine rings is 3. The van der Waals surface area contributed by atoms with E-state index < -0.39 is 11.3 Å². The normalized spacial score (nSPS) is 20.4. The van der Waals surface area contributed by atoms with E-state index in [2.05, 4.69) is 24.4 Å². The fraction of sp³-hybridized carbons (Fsp3) is 0.417. The van der Waals surface area contributed by atoms with Crippen molar-refractivity contribution < 1.29 is 0 Å². The summed E-state index contributed by atoms with van der Waals surface area (Å²) in [5.41, 5.74) is 4.03. The molecule has 5 rings (SSSR count). The molecule has 0 fully saturated rings. The highest BCUT2D eigenvalue weighted by molar-refractivity contribution is 5.66. The summed E-state index contributed by atoms with van der Waals surface area (Å²) in [6, 6.07) is 22.3. The Hall–Kier alpha value is -4.29. The average Bonchev–Trinajstić information content (AvgIpc) is 3.04. The van der Waals surface area contributed by atoms with Crippen LogP contribution in [-0.4, -0.2) is 21.0 Å². The number of hydrogen-bond donors (Lipinski definition) is 1. The second-order valence-corrected chi connectivity index (χ2v) is 11.5. The standard InChI is InChI=1S/C36H40N6/c1-2-3-4-5-6-7-8-9-10-11-24-36(26-38)34-22-14-20-32(41-34)30-18-12-16-28(39-30)27(25-37)29-17-13-19-31(40-29)33-21-15-23-35(36)42-33/h12-23,27-28,39H,2-11,24H2,1H3. The van der Waals surface area contributed by atoms with E-state index in [1.807, 2.05) is 72.8 Å². The van der Waals surface area contributed by atoms with Crippen LogP contribution < -0.4 is 5.32 Å². The van der Waals surface area contributed by atoms with E-state index in [1.54, 1.807) is 0 Å². The quantitative estimate of drug-likeness (QED) is 0.239. The van der Waals surface area contributed by atoms with Crippen LogP contribution in [0.4, 0.5) is 0 Å². The summed E-state index contributed by atoms with van der Waals surface area (Å²) in [4.78, 5) is 15.0. The second kappa shape index (κ2) is 14.1. The third-order valence-corrected chi connectivity index (χ3v) is 8.50. The van der Waals surface area contributed by atoms with E-state index in [9.17, 15) is 10.5 Å². The SMILES string of the molecule is CCCCCCCCCCCCC1(C#N)c2cccc(n2)C2=CC=CC(N2)C(C#N)c2cccc(n2)-c2cccc1n2. The first-order valence-electron chi connectivity index (χ1n) is 15.6. The molecule has 214 valence electrons. The van der Waals surface area contributed by atoms with Gasteiger partial charge in [0.05, 0.1) is 58.0 Å². The van der Waals surface area contributed by atoms with Gasteiger partial charge >= 0.3 is 0 Å². The van der Waals surface area contributed by atoms with Gasteiger partial charge in [0.1, 0.15) is 11.3 Å². The Bertz CT molecular complexity index is 1510. The summed E-state index contributed by atoms with van der Waals surface area (Å²) >= 11 is 0. The molecule has 1 N–H and O–H groups in total. The number of nitrogens with one attached hydrogen (secondary N) is 1. The molecule has 0 spiro atoms. The molecular formula is C36H40N6. The van der Waals surface area contributed by atoms with Gasteiger partial charge < -0.3 is 5.32 Å². The van der Waals surface area contributed by atoms with Gasteiger partial charge in [-0.05, 0) is 48.9 Å². The van der Waals surface area contributed by atoms with Crippen molar-refractivity contribution in [2.75, 3.05) is 0 Å². The Labute approximate surface area is 250 Å². The third kappa shape index (κ3) is 6.44. The largest absolute Gasteiger partial charge is 0.375 e. The summed E-state index contributed by atoms with van der Waals surface area (Å²) in [5, 5.41) is 24.5. The van der Waals surface area contributed by atoms with Crippen LogP contribution in [0, 0.1) is 22.7 Å². The Morgan fingerprint density at radius 1 is 0.738 bits per heavy atom. The van der Waals surface area contributed by atoms with E-state index in [4.69, 9.17) is 15.0 Å². The monoisotopic (exact) mass is 556 g/mol. The minimum Gasteiger partial charge on any atom is -0.375 e. The molecule has 3 unspecified atom stereocenters. The molecule has 6 nitrogen and oxygen atoms in total. The predicted molar refractivity (Wildman–Crippen MR) is 167 cm³/mol. The molecule has 42 heavy (non-hydrogen) atoms. The van der Waals surface area contributed by atoms with Gasteiger partial charge in [0.25, 0.3) is 0 Å². The highest BCUT2D eigenvalue weighted by Crippen LogP contribution is 2.37. The molecule has 0 saturated heterocycles. The lowest BCUT2D eigenvalue weighted by Crippen LogP contribution is -2.34. The molecule has 0 radical (unpaired) electrons. The molecule has 2 aliphatic heterocycles. The van der Waals surface area contributed by atoms with Crippen LogP contribution in [0.5, 0.6) is 0 Å². The number of rotatable bonds is 11. The van der Waals surface area contributed by atoms with Crippen molar-refractivity contribution in [1.29, 1.82) is 10.5 Å². The number of nitriles is 2. The topological polar surface area (TPSA) is 98.3 Å². The van der Waals surface area contributed by atoms with Gasteiger partial charge in [-0.1, -0.05) is 101 Å². The number of aromatic nitrogens is 3. The third-order valence-electron chi connectivity index (χ3n) is 8.50. The van der Waals surface area contributed by atoms with E-state index in [0.717, 1.165) is 24.2 Å². The molecule has 3 aromatic rings. The van der Waals surface area contributed by atoms with Gasteiger partial charge in [-0.15, -0.1) is 0 Å². The number of fused-ring (bicyclic) bond motifs is 10. The molecule has 2 aliphatic rings. The van der Waals surface area contributed by atoms with Crippen LogP contribution in [0.25, 0.3) is 17.1 Å². The Morgan fingerprint density at radius 2 is 1.33 bits per heavy atom. The van der Waals surface area contributed by atoms with E-state index in [0.29, 0.717) is 34.9 Å². The van der Waals surface area contributed by atoms with Crippen LogP contribution in [0.2, 0.25) is 0 Å². The molecular weight excluding hydrogens is 516 g/mol. The summed E-state index contributed by atoms with van der Waals surface area (Å²) in [6.45, 7) is 2.26. The second-order valence-electron chi connectivity index (χ2n) is 11.5. The minimum atomic E-state index is -0.993. The van der Waals surface area contributed by atoms with Crippen LogP contribution in [0.3, 0.4) is 0 Å². The fourth-order valence-corrected chi connectivity index (χ4v) is 6.07. The maximum absolute atomic E-state index is 10.9. The van der Waals surface area contributed by atoms with Gasteiger partial charge in [0.2, 0.25) is 0 Å². The van der Waals surface area contributed by atoms with Crippen LogP contribution in [-0.2, 0) is 5.41 Å². The van der Waals surface area contributed by atoms with Gasteiger partial charge in [-0.3, -0.25) is 0 Å². The van der Waals surface area contributed by atoms with Crippen LogP contribution >= 0.6 is 0 Å². The summed E-state index contributed by atoms with van der Waals surface area (Å²) in [6.07, 6.45) is 18.9. The Morgan fingerprint density at radius 3 is 2.00 bits per heavy atom. The summed E-state index contributed by atoms with van der Waals surface area (Å²) in [7, 11) is 0. The van der Waals surface area contributed by atoms with Crippen molar-refractivity contribution in [2.24, 2.45) is 0 Å². The molecule has 0 aromatic carbocycles. The first-order chi connectivity index (χ1) is 20.7. The van der Waals surface area contributed by atoms with Gasteiger partial charge in [-0.25, -0.2) is 15.0 Å². The van der Waals surface area contributed by atoms with Gasteiger partial charge in [0.15, 0.2) is 0 Å². The van der Waals surface area contributed by atoms with E-state index in [-0.39, 0.29) is 6.04 Å². The highest BCUT2D eigenvalue weighted by atomic mass is 15.0.